The number of likely N-dealkylation sites (N-methyl/N-ethyl adjacent to an activating group) is 1. The maximum absolute atomic E-state index is 12.6. The molecule has 1 aromatic carbocycles. The van der Waals surface area contributed by atoms with Gasteiger partial charge >= 0.3 is 5.97 Å². The van der Waals surface area contributed by atoms with E-state index in [1.165, 1.54) is 0 Å². The molecule has 1 atom stereocenters. The van der Waals surface area contributed by atoms with Crippen LogP contribution in [0.25, 0.3) is 0 Å². The van der Waals surface area contributed by atoms with Crippen molar-refractivity contribution in [2.75, 3.05) is 33.3 Å². The zero-order valence-corrected chi connectivity index (χ0v) is 16.4. The lowest BCUT2D eigenvalue weighted by molar-refractivity contribution is -0.146. The van der Waals surface area contributed by atoms with E-state index in [4.69, 9.17) is 14.6 Å². The molecule has 0 aromatic heterocycles. The van der Waals surface area contributed by atoms with Gasteiger partial charge in [0.25, 0.3) is 5.91 Å². The molecule has 0 radical (unpaired) electrons. The van der Waals surface area contributed by atoms with Gasteiger partial charge in [-0.15, -0.1) is 0 Å². The first-order valence-corrected chi connectivity index (χ1v) is 9.43. The number of carboxylic acid groups (broad SMARTS) is 1. The Kier molecular flexibility index (Phi) is 8.06. The standard InChI is InChI=1S/C20H30N2O5/c1-4-21(13-19(23)24)17-8-10-22(11-9-17)20(25)15(2)27-14-16-6-5-7-18(12-16)26-3/h5-7,12,15,17H,4,8-11,13-14H2,1-3H3,(H,23,24). The Morgan fingerprint density at radius 1 is 1.33 bits per heavy atom. The number of amides is 1. The molecular weight excluding hydrogens is 348 g/mol. The van der Waals surface area contributed by atoms with Crippen LogP contribution in [-0.4, -0.2) is 72.2 Å². The molecule has 1 saturated heterocycles. The molecule has 1 amide bonds. The first-order chi connectivity index (χ1) is 12.9. The molecule has 7 heteroatoms. The van der Waals surface area contributed by atoms with Crippen molar-refractivity contribution in [2.45, 2.75) is 45.4 Å². The third-order valence-corrected chi connectivity index (χ3v) is 5.02. The molecule has 0 bridgehead atoms. The molecule has 1 heterocycles. The summed E-state index contributed by atoms with van der Waals surface area (Å²) in [7, 11) is 1.62. The Morgan fingerprint density at radius 2 is 2.04 bits per heavy atom. The molecule has 1 aliphatic heterocycles. The molecule has 2 rings (SSSR count). The lowest BCUT2D eigenvalue weighted by atomic mass is 10.0. The van der Waals surface area contributed by atoms with Gasteiger partial charge in [0.05, 0.1) is 20.3 Å². The highest BCUT2D eigenvalue weighted by molar-refractivity contribution is 5.80. The molecule has 1 aliphatic rings. The quantitative estimate of drug-likeness (QED) is 0.708. The van der Waals surface area contributed by atoms with Crippen LogP contribution in [0.1, 0.15) is 32.3 Å². The number of aliphatic carboxylic acids is 1. The molecular formula is C20H30N2O5. The fraction of sp³-hybridized carbons (Fsp3) is 0.600. The molecule has 7 nitrogen and oxygen atoms in total. The van der Waals surface area contributed by atoms with Gasteiger partial charge in [0.2, 0.25) is 0 Å². The van der Waals surface area contributed by atoms with Crippen molar-refractivity contribution in [3.63, 3.8) is 0 Å². The summed E-state index contributed by atoms with van der Waals surface area (Å²) in [6.07, 6.45) is 1.05. The molecule has 27 heavy (non-hydrogen) atoms. The summed E-state index contributed by atoms with van der Waals surface area (Å²) in [5.74, 6) is -0.0634. The van der Waals surface area contributed by atoms with E-state index < -0.39 is 12.1 Å². The number of likely N-dealkylation sites (tertiary alicyclic amines) is 1. The summed E-state index contributed by atoms with van der Waals surface area (Å²) in [6.45, 7) is 6.11. The van der Waals surface area contributed by atoms with Crippen molar-refractivity contribution in [1.82, 2.24) is 9.80 Å². The van der Waals surface area contributed by atoms with E-state index in [1.54, 1.807) is 14.0 Å². The predicted octanol–water partition coefficient (Wildman–Crippen LogP) is 2.00. The largest absolute Gasteiger partial charge is 0.497 e. The number of rotatable bonds is 9. The van der Waals surface area contributed by atoms with Crippen LogP contribution in [0.5, 0.6) is 5.75 Å². The molecule has 150 valence electrons. The van der Waals surface area contributed by atoms with Gasteiger partial charge in [-0.3, -0.25) is 14.5 Å². The Hall–Kier alpha value is -2.12. The SMILES string of the molecule is CCN(CC(=O)O)C1CCN(C(=O)C(C)OCc2cccc(OC)c2)CC1. The zero-order valence-electron chi connectivity index (χ0n) is 16.4. The number of carbonyl (C=O) groups is 2. The van der Waals surface area contributed by atoms with Crippen LogP contribution in [0.4, 0.5) is 0 Å². The summed E-state index contributed by atoms with van der Waals surface area (Å²) in [4.78, 5) is 27.4. The van der Waals surface area contributed by atoms with E-state index in [1.807, 2.05) is 41.0 Å². The summed E-state index contributed by atoms with van der Waals surface area (Å²) in [5, 5.41) is 9.01. The third-order valence-electron chi connectivity index (χ3n) is 5.02. The number of carboxylic acids is 1. The van der Waals surface area contributed by atoms with Crippen molar-refractivity contribution in [2.24, 2.45) is 0 Å². The van der Waals surface area contributed by atoms with Crippen molar-refractivity contribution >= 4 is 11.9 Å². The van der Waals surface area contributed by atoms with Crippen LogP contribution in [0.3, 0.4) is 0 Å². The van der Waals surface area contributed by atoms with Gasteiger partial charge in [0.15, 0.2) is 0 Å². The Bertz CT molecular complexity index is 629. The normalized spacial score (nSPS) is 16.4. The Labute approximate surface area is 160 Å². The minimum Gasteiger partial charge on any atom is -0.497 e. The first kappa shape index (κ1) is 21.2. The van der Waals surface area contributed by atoms with Gasteiger partial charge in [-0.1, -0.05) is 19.1 Å². The topological polar surface area (TPSA) is 79.3 Å². The minimum atomic E-state index is -0.810. The van der Waals surface area contributed by atoms with E-state index in [9.17, 15) is 9.59 Å². The number of methoxy groups -OCH3 is 1. The summed E-state index contributed by atoms with van der Waals surface area (Å²) >= 11 is 0. The highest BCUT2D eigenvalue weighted by Crippen LogP contribution is 2.18. The molecule has 1 aromatic rings. The second-order valence-corrected chi connectivity index (χ2v) is 6.82. The van der Waals surface area contributed by atoms with Crippen LogP contribution in [0.2, 0.25) is 0 Å². The number of hydrogen-bond donors (Lipinski definition) is 1. The van der Waals surface area contributed by atoms with Crippen molar-refractivity contribution in [3.8, 4) is 5.75 Å². The third kappa shape index (κ3) is 6.22. The van der Waals surface area contributed by atoms with E-state index in [-0.39, 0.29) is 18.5 Å². The predicted molar refractivity (Wildman–Crippen MR) is 102 cm³/mol. The average Bonchev–Trinajstić information content (AvgIpc) is 2.69. The number of benzene rings is 1. The fourth-order valence-corrected chi connectivity index (χ4v) is 3.44. The van der Waals surface area contributed by atoms with Gasteiger partial charge in [0.1, 0.15) is 11.9 Å². The van der Waals surface area contributed by atoms with Gasteiger partial charge in [-0.25, -0.2) is 0 Å². The number of nitrogens with zero attached hydrogens (tertiary/aromatic N) is 2. The molecule has 1 fully saturated rings. The second kappa shape index (κ2) is 10.3. The average molecular weight is 378 g/mol. The number of carbonyl (C=O) groups excluding carboxylic acids is 1. The monoisotopic (exact) mass is 378 g/mol. The van der Waals surface area contributed by atoms with Gasteiger partial charge in [-0.05, 0) is 44.0 Å². The van der Waals surface area contributed by atoms with Crippen LogP contribution in [-0.2, 0) is 20.9 Å². The second-order valence-electron chi connectivity index (χ2n) is 6.82. The fourth-order valence-electron chi connectivity index (χ4n) is 3.44. The van der Waals surface area contributed by atoms with Gasteiger partial charge < -0.3 is 19.5 Å². The lowest BCUT2D eigenvalue weighted by Crippen LogP contribution is -2.50. The van der Waals surface area contributed by atoms with Crippen molar-refractivity contribution < 1.29 is 24.2 Å². The molecule has 0 aliphatic carbocycles. The number of ether oxygens (including phenoxy) is 2. The van der Waals surface area contributed by atoms with Gasteiger partial charge in [0, 0.05) is 19.1 Å². The molecule has 1 N–H and O–H groups in total. The summed E-state index contributed by atoms with van der Waals surface area (Å²) in [6, 6.07) is 7.80. The minimum absolute atomic E-state index is 0.0161. The Balaban J connectivity index is 1.81. The van der Waals surface area contributed by atoms with E-state index in [0.717, 1.165) is 24.2 Å². The summed E-state index contributed by atoms with van der Waals surface area (Å²) in [5.41, 5.74) is 0.958. The van der Waals surface area contributed by atoms with E-state index >= 15 is 0 Å². The van der Waals surface area contributed by atoms with Gasteiger partial charge in [-0.2, -0.15) is 0 Å². The van der Waals surface area contributed by atoms with E-state index in [2.05, 4.69) is 0 Å². The van der Waals surface area contributed by atoms with Crippen molar-refractivity contribution in [3.05, 3.63) is 29.8 Å². The molecule has 0 spiro atoms. The maximum Gasteiger partial charge on any atom is 0.317 e. The highest BCUT2D eigenvalue weighted by Gasteiger charge is 2.29. The molecule has 0 saturated carbocycles. The molecule has 1 unspecified atom stereocenters. The van der Waals surface area contributed by atoms with Crippen LogP contribution < -0.4 is 4.74 Å². The Morgan fingerprint density at radius 3 is 2.63 bits per heavy atom. The van der Waals surface area contributed by atoms with Crippen LogP contribution in [0.15, 0.2) is 24.3 Å². The first-order valence-electron chi connectivity index (χ1n) is 9.43. The zero-order chi connectivity index (χ0) is 19.8. The van der Waals surface area contributed by atoms with Crippen LogP contribution in [0, 0.1) is 0 Å². The smallest absolute Gasteiger partial charge is 0.317 e. The maximum atomic E-state index is 12.6. The number of hydrogen-bond acceptors (Lipinski definition) is 5. The number of piperidine rings is 1. The van der Waals surface area contributed by atoms with Crippen molar-refractivity contribution in [1.29, 1.82) is 0 Å². The lowest BCUT2D eigenvalue weighted by Gasteiger charge is -2.38. The van der Waals surface area contributed by atoms with E-state index in [0.29, 0.717) is 26.2 Å². The summed E-state index contributed by atoms with van der Waals surface area (Å²) < 4.78 is 11.0. The van der Waals surface area contributed by atoms with Crippen LogP contribution >= 0.6 is 0 Å². The highest BCUT2D eigenvalue weighted by atomic mass is 16.5.